The summed E-state index contributed by atoms with van der Waals surface area (Å²) in [6.45, 7) is 2.03. The molecule has 0 radical (unpaired) electrons. The molecule has 50 valence electrons. The van der Waals surface area contributed by atoms with Crippen molar-refractivity contribution in [3.63, 3.8) is 0 Å². The molecule has 0 fully saturated rings. The fourth-order valence-corrected chi connectivity index (χ4v) is 0.849. The number of halogens is 1. The molecule has 0 bridgehead atoms. The highest BCUT2D eigenvalue weighted by atomic mass is 79.9. The minimum atomic E-state index is 0.791. The number of hydrogen-bond donors (Lipinski definition) is 0. The van der Waals surface area contributed by atoms with Gasteiger partial charge in [-0.3, -0.25) is 0 Å². The maximum absolute atomic E-state index is 4.10. The van der Waals surface area contributed by atoms with Crippen molar-refractivity contribution in [3.8, 4) is 0 Å². The van der Waals surface area contributed by atoms with Gasteiger partial charge in [0.15, 0.2) is 10.6 Å². The highest BCUT2D eigenvalue weighted by Crippen LogP contribution is 2.03. The molecule has 0 aromatic carbocycles. The second kappa shape index (κ2) is 2.47. The van der Waals surface area contributed by atoms with Crippen molar-refractivity contribution in [1.29, 1.82) is 0 Å². The van der Waals surface area contributed by atoms with Crippen LogP contribution < -0.4 is 0 Å². The summed E-state index contributed by atoms with van der Waals surface area (Å²) in [6.07, 6.45) is 0.888. The number of aromatic nitrogens is 3. The normalized spacial score (nSPS) is 10.1. The monoisotopic (exact) mass is 189 g/mol. The standard InChI is InChI=1S/C5H8BrN3/c1-3-4-7-5(6)9(2)8-4/h3H2,1-2H3. The van der Waals surface area contributed by atoms with E-state index in [9.17, 15) is 0 Å². The second-order valence-corrected chi connectivity index (χ2v) is 2.48. The lowest BCUT2D eigenvalue weighted by Crippen LogP contribution is -1.90. The van der Waals surface area contributed by atoms with E-state index in [1.807, 2.05) is 14.0 Å². The van der Waals surface area contributed by atoms with Crippen LogP contribution in [0, 0.1) is 0 Å². The molecular weight excluding hydrogens is 182 g/mol. The SMILES string of the molecule is CCc1nc(Br)n(C)n1. The molecule has 1 heterocycles. The fraction of sp³-hybridized carbons (Fsp3) is 0.600. The Morgan fingerprint density at radius 2 is 2.33 bits per heavy atom. The van der Waals surface area contributed by atoms with Gasteiger partial charge in [-0.2, -0.15) is 5.10 Å². The van der Waals surface area contributed by atoms with Crippen LogP contribution in [0.2, 0.25) is 0 Å². The van der Waals surface area contributed by atoms with E-state index in [0.717, 1.165) is 17.0 Å². The minimum Gasteiger partial charge on any atom is -0.243 e. The van der Waals surface area contributed by atoms with Crippen LogP contribution in [0.1, 0.15) is 12.7 Å². The van der Waals surface area contributed by atoms with Gasteiger partial charge in [0.25, 0.3) is 0 Å². The Hall–Kier alpha value is -0.380. The van der Waals surface area contributed by atoms with E-state index in [4.69, 9.17) is 0 Å². The highest BCUT2D eigenvalue weighted by Gasteiger charge is 1.99. The van der Waals surface area contributed by atoms with Crippen molar-refractivity contribution < 1.29 is 0 Å². The Balaban J connectivity index is 2.98. The average Bonchev–Trinajstić information content (AvgIpc) is 2.13. The number of rotatable bonds is 1. The zero-order chi connectivity index (χ0) is 6.85. The van der Waals surface area contributed by atoms with E-state index >= 15 is 0 Å². The summed E-state index contributed by atoms with van der Waals surface area (Å²) in [4.78, 5) is 4.10. The Bertz CT molecular complexity index is 186. The van der Waals surface area contributed by atoms with E-state index < -0.39 is 0 Å². The molecule has 1 aromatic rings. The van der Waals surface area contributed by atoms with Crippen molar-refractivity contribution in [3.05, 3.63) is 10.6 Å². The summed E-state index contributed by atoms with van der Waals surface area (Å²) in [6, 6.07) is 0. The first-order valence-electron chi connectivity index (χ1n) is 2.79. The van der Waals surface area contributed by atoms with Crippen LogP contribution in [0.25, 0.3) is 0 Å². The van der Waals surface area contributed by atoms with Crippen LogP contribution in [0.4, 0.5) is 0 Å². The summed E-state index contributed by atoms with van der Waals surface area (Å²) in [5.41, 5.74) is 0. The summed E-state index contributed by atoms with van der Waals surface area (Å²) < 4.78 is 2.50. The predicted octanol–water partition coefficient (Wildman–Crippen LogP) is 1.14. The van der Waals surface area contributed by atoms with E-state index in [0.29, 0.717) is 0 Å². The maximum atomic E-state index is 4.10. The van der Waals surface area contributed by atoms with E-state index in [-0.39, 0.29) is 0 Å². The second-order valence-electron chi connectivity index (χ2n) is 1.77. The summed E-state index contributed by atoms with van der Waals surface area (Å²) in [7, 11) is 1.86. The molecule has 0 aliphatic carbocycles. The molecule has 0 amide bonds. The first-order chi connectivity index (χ1) is 4.24. The molecule has 0 N–H and O–H groups in total. The Morgan fingerprint density at radius 1 is 1.67 bits per heavy atom. The lowest BCUT2D eigenvalue weighted by atomic mass is 10.5. The molecule has 0 saturated carbocycles. The quantitative estimate of drug-likeness (QED) is 0.664. The van der Waals surface area contributed by atoms with Crippen LogP contribution >= 0.6 is 15.9 Å². The third kappa shape index (κ3) is 1.30. The van der Waals surface area contributed by atoms with Gasteiger partial charge in [0.2, 0.25) is 0 Å². The van der Waals surface area contributed by atoms with Gasteiger partial charge < -0.3 is 0 Å². The van der Waals surface area contributed by atoms with Gasteiger partial charge in [-0.1, -0.05) is 6.92 Å². The van der Waals surface area contributed by atoms with E-state index in [2.05, 4.69) is 26.0 Å². The molecule has 3 nitrogen and oxygen atoms in total. The molecule has 0 saturated heterocycles. The Morgan fingerprint density at radius 3 is 2.56 bits per heavy atom. The summed E-state index contributed by atoms with van der Waals surface area (Å²) in [5, 5.41) is 4.09. The van der Waals surface area contributed by atoms with Gasteiger partial charge in [0, 0.05) is 13.5 Å². The lowest BCUT2D eigenvalue weighted by Gasteiger charge is -1.83. The molecule has 0 unspecified atom stereocenters. The van der Waals surface area contributed by atoms with Crippen molar-refractivity contribution >= 4 is 15.9 Å². The van der Waals surface area contributed by atoms with Crippen LogP contribution in [-0.2, 0) is 13.5 Å². The van der Waals surface area contributed by atoms with Gasteiger partial charge in [0.1, 0.15) is 0 Å². The third-order valence-corrected chi connectivity index (χ3v) is 1.76. The van der Waals surface area contributed by atoms with Gasteiger partial charge in [0.05, 0.1) is 0 Å². The minimum absolute atomic E-state index is 0.791. The molecule has 0 atom stereocenters. The van der Waals surface area contributed by atoms with E-state index in [1.54, 1.807) is 4.68 Å². The predicted molar refractivity (Wildman–Crippen MR) is 38.1 cm³/mol. The lowest BCUT2D eigenvalue weighted by molar-refractivity contribution is 0.730. The van der Waals surface area contributed by atoms with Crippen LogP contribution in [0.3, 0.4) is 0 Å². The molecule has 9 heavy (non-hydrogen) atoms. The number of nitrogens with zero attached hydrogens (tertiary/aromatic N) is 3. The van der Waals surface area contributed by atoms with E-state index in [1.165, 1.54) is 0 Å². The molecule has 0 aliphatic heterocycles. The Labute approximate surface area is 62.2 Å². The fourth-order valence-electron chi connectivity index (χ4n) is 0.565. The summed E-state index contributed by atoms with van der Waals surface area (Å²) >= 11 is 3.25. The van der Waals surface area contributed by atoms with Crippen LogP contribution in [0.5, 0.6) is 0 Å². The van der Waals surface area contributed by atoms with Gasteiger partial charge in [-0.05, 0) is 15.9 Å². The largest absolute Gasteiger partial charge is 0.243 e. The molecule has 0 aliphatic rings. The van der Waals surface area contributed by atoms with Crippen molar-refractivity contribution in [2.24, 2.45) is 7.05 Å². The van der Waals surface area contributed by atoms with Crippen LogP contribution in [-0.4, -0.2) is 14.8 Å². The third-order valence-electron chi connectivity index (χ3n) is 1.07. The Kier molecular flexibility index (Phi) is 1.85. The smallest absolute Gasteiger partial charge is 0.195 e. The van der Waals surface area contributed by atoms with Crippen molar-refractivity contribution in [1.82, 2.24) is 14.8 Å². The average molecular weight is 190 g/mol. The van der Waals surface area contributed by atoms with Crippen LogP contribution in [0.15, 0.2) is 4.73 Å². The topological polar surface area (TPSA) is 30.7 Å². The number of hydrogen-bond acceptors (Lipinski definition) is 2. The molecule has 4 heteroatoms. The van der Waals surface area contributed by atoms with Crippen molar-refractivity contribution in [2.45, 2.75) is 13.3 Å². The van der Waals surface area contributed by atoms with Gasteiger partial charge >= 0.3 is 0 Å². The zero-order valence-corrected chi connectivity index (χ0v) is 7.01. The summed E-state index contributed by atoms with van der Waals surface area (Å²) in [5.74, 6) is 0.879. The van der Waals surface area contributed by atoms with Gasteiger partial charge in [-0.25, -0.2) is 9.67 Å². The molecular formula is C5H8BrN3. The highest BCUT2D eigenvalue weighted by molar-refractivity contribution is 9.10. The first-order valence-corrected chi connectivity index (χ1v) is 3.58. The molecule has 0 spiro atoms. The van der Waals surface area contributed by atoms with Crippen molar-refractivity contribution in [2.75, 3.05) is 0 Å². The number of aryl methyl sites for hydroxylation is 2. The van der Waals surface area contributed by atoms with Gasteiger partial charge in [-0.15, -0.1) is 0 Å². The molecule has 1 aromatic heterocycles. The zero-order valence-electron chi connectivity index (χ0n) is 5.43. The molecule has 1 rings (SSSR count). The first kappa shape index (κ1) is 6.74. The maximum Gasteiger partial charge on any atom is 0.195 e.